The summed E-state index contributed by atoms with van der Waals surface area (Å²) < 4.78 is 12.9. The number of nitrogens with zero attached hydrogens (tertiary/aromatic N) is 5. The number of carbonyl (C=O) groups is 1. The summed E-state index contributed by atoms with van der Waals surface area (Å²) in [4.78, 5) is 19.1. The Morgan fingerprint density at radius 2 is 2.14 bits per heavy atom. The maximum atomic E-state index is 12.7. The molecule has 1 aliphatic heterocycles. The van der Waals surface area contributed by atoms with Crippen molar-refractivity contribution >= 4 is 5.91 Å². The summed E-state index contributed by atoms with van der Waals surface area (Å²) in [6.07, 6.45) is 6.76. The number of carbonyl (C=O) groups excluding carboxylic acids is 1. The van der Waals surface area contributed by atoms with Crippen LogP contribution < -0.4 is 0 Å². The topological polar surface area (TPSA) is 86.3 Å². The van der Waals surface area contributed by atoms with Gasteiger partial charge in [-0.05, 0) is 38.2 Å². The van der Waals surface area contributed by atoms with Crippen LogP contribution in [0.1, 0.15) is 65.9 Å². The third-order valence-electron chi connectivity index (χ3n) is 5.83. The molecule has 1 amide bonds. The highest BCUT2D eigenvalue weighted by molar-refractivity contribution is 5.92. The molecule has 2 aliphatic rings. The lowest BCUT2D eigenvalue weighted by molar-refractivity contribution is 0.0778. The fourth-order valence-electron chi connectivity index (χ4n) is 4.24. The van der Waals surface area contributed by atoms with E-state index < -0.39 is 0 Å². The van der Waals surface area contributed by atoms with E-state index in [1.54, 1.807) is 11.7 Å². The van der Waals surface area contributed by atoms with Gasteiger partial charge in [0.15, 0.2) is 5.82 Å². The molecule has 0 aromatic carbocycles. The molecule has 152 valence electrons. The summed E-state index contributed by atoms with van der Waals surface area (Å²) in [6.45, 7) is 4.66. The number of amides is 1. The Balaban J connectivity index is 1.26. The van der Waals surface area contributed by atoms with Gasteiger partial charge >= 0.3 is 0 Å². The first-order valence-corrected chi connectivity index (χ1v) is 10.3. The summed E-state index contributed by atoms with van der Waals surface area (Å²) in [5, 5.41) is 8.35. The zero-order chi connectivity index (χ0) is 19.5. The van der Waals surface area contributed by atoms with Crippen molar-refractivity contribution in [1.82, 2.24) is 24.8 Å². The van der Waals surface area contributed by atoms with Gasteiger partial charge in [0, 0.05) is 33.2 Å². The first-order valence-electron chi connectivity index (χ1n) is 10.3. The van der Waals surface area contributed by atoms with E-state index in [4.69, 9.17) is 9.26 Å². The summed E-state index contributed by atoms with van der Waals surface area (Å²) in [5.74, 6) is 2.14. The highest BCUT2D eigenvalue weighted by Crippen LogP contribution is 2.27. The van der Waals surface area contributed by atoms with E-state index in [0.717, 1.165) is 24.6 Å². The van der Waals surface area contributed by atoms with Gasteiger partial charge in [-0.2, -0.15) is 10.1 Å². The quantitative estimate of drug-likeness (QED) is 0.679. The molecule has 2 fully saturated rings. The van der Waals surface area contributed by atoms with Crippen LogP contribution in [0.5, 0.6) is 0 Å². The van der Waals surface area contributed by atoms with Crippen LogP contribution in [0.3, 0.4) is 0 Å². The largest absolute Gasteiger partial charge is 0.381 e. The lowest BCUT2D eigenvalue weighted by Crippen LogP contribution is -2.30. The summed E-state index contributed by atoms with van der Waals surface area (Å²) >= 11 is 0. The van der Waals surface area contributed by atoms with Crippen LogP contribution in [0.15, 0.2) is 10.6 Å². The van der Waals surface area contributed by atoms with E-state index in [1.165, 1.54) is 25.7 Å². The second kappa shape index (κ2) is 8.43. The van der Waals surface area contributed by atoms with Gasteiger partial charge in [-0.3, -0.25) is 9.48 Å². The Morgan fingerprint density at radius 3 is 2.89 bits per heavy atom. The maximum absolute atomic E-state index is 12.7. The van der Waals surface area contributed by atoms with Crippen molar-refractivity contribution in [3.8, 4) is 0 Å². The minimum atomic E-state index is 0.00523. The number of likely N-dealkylation sites (tertiary alicyclic amines) is 1. The second-order valence-corrected chi connectivity index (χ2v) is 8.06. The molecule has 8 nitrogen and oxygen atoms in total. The number of aryl methyl sites for hydroxylation is 2. The molecule has 2 aromatic rings. The van der Waals surface area contributed by atoms with Crippen LogP contribution in [0.4, 0.5) is 0 Å². The van der Waals surface area contributed by atoms with Gasteiger partial charge in [-0.1, -0.05) is 18.0 Å². The Kier molecular flexibility index (Phi) is 5.75. The average Bonchev–Trinajstić information content (AvgIpc) is 3.45. The van der Waals surface area contributed by atoms with Crippen molar-refractivity contribution in [2.45, 2.75) is 51.4 Å². The van der Waals surface area contributed by atoms with Gasteiger partial charge in [-0.25, -0.2) is 0 Å². The number of aromatic nitrogens is 4. The molecule has 28 heavy (non-hydrogen) atoms. The van der Waals surface area contributed by atoms with Crippen LogP contribution in [0, 0.1) is 12.8 Å². The predicted octanol–water partition coefficient (Wildman–Crippen LogP) is 2.49. The van der Waals surface area contributed by atoms with Gasteiger partial charge in [0.25, 0.3) is 5.91 Å². The van der Waals surface area contributed by atoms with Crippen LogP contribution in [0.2, 0.25) is 0 Å². The molecule has 0 N–H and O–H groups in total. The fourth-order valence-corrected chi connectivity index (χ4v) is 4.24. The molecule has 1 saturated carbocycles. The van der Waals surface area contributed by atoms with E-state index in [9.17, 15) is 4.79 Å². The SMILES string of the molecule is Cc1cc(C(=O)N2CCC(c3nc(CCOCC4CCCC4)no3)C2)n(C)n1. The third kappa shape index (κ3) is 4.27. The van der Waals surface area contributed by atoms with Crippen molar-refractivity contribution in [1.29, 1.82) is 0 Å². The normalized spacial score (nSPS) is 20.4. The molecule has 1 atom stereocenters. The Hall–Kier alpha value is -2.22. The van der Waals surface area contributed by atoms with E-state index in [-0.39, 0.29) is 11.8 Å². The first-order chi connectivity index (χ1) is 13.6. The average molecular weight is 387 g/mol. The minimum absolute atomic E-state index is 0.00523. The van der Waals surface area contributed by atoms with Gasteiger partial charge in [-0.15, -0.1) is 0 Å². The summed E-state index contributed by atoms with van der Waals surface area (Å²) in [6, 6.07) is 1.83. The zero-order valence-corrected chi connectivity index (χ0v) is 16.8. The van der Waals surface area contributed by atoms with Crippen LogP contribution >= 0.6 is 0 Å². The predicted molar refractivity (Wildman–Crippen MR) is 102 cm³/mol. The molecule has 0 spiro atoms. The highest BCUT2D eigenvalue weighted by atomic mass is 16.5. The molecule has 8 heteroatoms. The van der Waals surface area contributed by atoms with E-state index in [2.05, 4.69) is 15.2 Å². The molecule has 1 unspecified atom stereocenters. The van der Waals surface area contributed by atoms with Gasteiger partial charge < -0.3 is 14.2 Å². The van der Waals surface area contributed by atoms with Crippen molar-refractivity contribution in [3.05, 3.63) is 29.2 Å². The highest BCUT2D eigenvalue weighted by Gasteiger charge is 2.32. The van der Waals surface area contributed by atoms with Crippen molar-refractivity contribution < 1.29 is 14.1 Å². The van der Waals surface area contributed by atoms with Crippen molar-refractivity contribution in [2.24, 2.45) is 13.0 Å². The molecule has 4 rings (SSSR count). The van der Waals surface area contributed by atoms with Crippen LogP contribution in [-0.2, 0) is 18.2 Å². The van der Waals surface area contributed by atoms with Crippen molar-refractivity contribution in [3.63, 3.8) is 0 Å². The Bertz CT molecular complexity index is 809. The lowest BCUT2D eigenvalue weighted by Gasteiger charge is -2.15. The van der Waals surface area contributed by atoms with Crippen molar-refractivity contribution in [2.75, 3.05) is 26.3 Å². The second-order valence-electron chi connectivity index (χ2n) is 8.06. The van der Waals surface area contributed by atoms with E-state index in [0.29, 0.717) is 43.5 Å². The molecule has 0 bridgehead atoms. The lowest BCUT2D eigenvalue weighted by atomic mass is 10.1. The smallest absolute Gasteiger partial charge is 0.272 e. The van der Waals surface area contributed by atoms with Gasteiger partial charge in [0.05, 0.1) is 18.2 Å². The Morgan fingerprint density at radius 1 is 1.32 bits per heavy atom. The molecular formula is C20H29N5O3. The Labute approximate surface area is 165 Å². The van der Waals surface area contributed by atoms with Crippen LogP contribution in [-0.4, -0.2) is 57.0 Å². The fraction of sp³-hybridized carbons (Fsp3) is 0.700. The molecule has 0 radical (unpaired) electrons. The third-order valence-corrected chi connectivity index (χ3v) is 5.83. The maximum Gasteiger partial charge on any atom is 0.272 e. The molecular weight excluding hydrogens is 358 g/mol. The standard InChI is InChI=1S/C20H29N5O3/c1-14-11-17(24(2)22-14)20(26)25-9-7-16(12-25)19-21-18(23-28-19)8-10-27-13-15-5-3-4-6-15/h11,15-16H,3-10,12-13H2,1-2H3. The molecule has 1 aliphatic carbocycles. The van der Waals surface area contributed by atoms with Crippen LogP contribution in [0.25, 0.3) is 0 Å². The monoisotopic (exact) mass is 387 g/mol. The molecule has 1 saturated heterocycles. The van der Waals surface area contributed by atoms with Gasteiger partial charge in [0.2, 0.25) is 5.89 Å². The molecule has 2 aromatic heterocycles. The summed E-state index contributed by atoms with van der Waals surface area (Å²) in [5.41, 5.74) is 1.46. The number of hydrogen-bond donors (Lipinski definition) is 0. The number of rotatable bonds is 7. The van der Waals surface area contributed by atoms with E-state index in [1.807, 2.05) is 17.9 Å². The zero-order valence-electron chi connectivity index (χ0n) is 16.8. The number of ether oxygens (including phenoxy) is 1. The molecule has 3 heterocycles. The number of hydrogen-bond acceptors (Lipinski definition) is 6. The first kappa shape index (κ1) is 19.1. The van der Waals surface area contributed by atoms with E-state index >= 15 is 0 Å². The minimum Gasteiger partial charge on any atom is -0.381 e. The van der Waals surface area contributed by atoms with Gasteiger partial charge in [0.1, 0.15) is 5.69 Å². The summed E-state index contributed by atoms with van der Waals surface area (Å²) in [7, 11) is 1.80.